The molecular weight excluding hydrogens is 294 g/mol. The lowest BCUT2D eigenvalue weighted by atomic mass is 10.1. The Labute approximate surface area is 123 Å². The van der Waals surface area contributed by atoms with Gasteiger partial charge in [0.05, 0.1) is 11.0 Å². The van der Waals surface area contributed by atoms with E-state index in [0.29, 0.717) is 12.1 Å². The third-order valence-electron chi connectivity index (χ3n) is 3.06. The van der Waals surface area contributed by atoms with Gasteiger partial charge in [0.25, 0.3) is 0 Å². The summed E-state index contributed by atoms with van der Waals surface area (Å²) in [6, 6.07) is 8.24. The normalized spacial score (nSPS) is 13.6. The zero-order valence-electron chi connectivity index (χ0n) is 11.4. The Morgan fingerprint density at radius 2 is 1.90 bits per heavy atom. The minimum atomic E-state index is -3.50. The highest BCUT2D eigenvalue weighted by Gasteiger charge is 2.21. The van der Waals surface area contributed by atoms with E-state index in [0.717, 1.165) is 5.56 Å². The van der Waals surface area contributed by atoms with Crippen LogP contribution in [0.3, 0.4) is 0 Å². The van der Waals surface area contributed by atoms with E-state index >= 15 is 0 Å². The highest BCUT2D eigenvalue weighted by molar-refractivity contribution is 7.89. The second-order valence-electron chi connectivity index (χ2n) is 4.64. The number of rotatable bonds is 5. The van der Waals surface area contributed by atoms with Gasteiger partial charge in [0.15, 0.2) is 0 Å². The van der Waals surface area contributed by atoms with Crippen LogP contribution >= 0.6 is 11.3 Å². The standard InChI is InChI=1S/C14H17NO3S2/c1-11(16)13-3-5-14(6-4-13)20(17,18)15(2)9-12-7-8-19-10-12/h3-8,10-11,16H,9H2,1-2H3. The van der Waals surface area contributed by atoms with Crippen LogP contribution in [0.15, 0.2) is 46.0 Å². The quantitative estimate of drug-likeness (QED) is 0.923. The Kier molecular flexibility index (Phi) is 4.59. The number of thiophene rings is 1. The summed E-state index contributed by atoms with van der Waals surface area (Å²) in [5.41, 5.74) is 1.67. The van der Waals surface area contributed by atoms with Gasteiger partial charge in [-0.3, -0.25) is 0 Å². The van der Waals surface area contributed by atoms with E-state index in [9.17, 15) is 13.5 Å². The van der Waals surface area contributed by atoms with Crippen LogP contribution in [-0.4, -0.2) is 24.9 Å². The first kappa shape index (κ1) is 15.2. The Bertz CT molecular complexity index is 646. The van der Waals surface area contributed by atoms with E-state index in [2.05, 4.69) is 0 Å². The Morgan fingerprint density at radius 1 is 1.25 bits per heavy atom. The second kappa shape index (κ2) is 6.05. The van der Waals surface area contributed by atoms with E-state index in [-0.39, 0.29) is 4.90 Å². The summed E-state index contributed by atoms with van der Waals surface area (Å²) in [4.78, 5) is 0.236. The van der Waals surface area contributed by atoms with Crippen LogP contribution in [0.4, 0.5) is 0 Å². The van der Waals surface area contributed by atoms with Gasteiger partial charge in [0, 0.05) is 13.6 Å². The summed E-state index contributed by atoms with van der Waals surface area (Å²) >= 11 is 1.54. The van der Waals surface area contributed by atoms with E-state index < -0.39 is 16.1 Å². The van der Waals surface area contributed by atoms with Crippen LogP contribution in [0.5, 0.6) is 0 Å². The smallest absolute Gasteiger partial charge is 0.243 e. The molecule has 1 atom stereocenters. The summed E-state index contributed by atoms with van der Waals surface area (Å²) < 4.78 is 26.1. The predicted octanol–water partition coefficient (Wildman–Crippen LogP) is 2.62. The number of benzene rings is 1. The zero-order valence-corrected chi connectivity index (χ0v) is 13.0. The Balaban J connectivity index is 2.21. The monoisotopic (exact) mass is 311 g/mol. The SMILES string of the molecule is CC(O)c1ccc(S(=O)(=O)N(C)Cc2ccsc2)cc1. The molecule has 0 saturated carbocycles. The molecule has 0 spiro atoms. The first-order valence-corrected chi connectivity index (χ1v) is 8.55. The zero-order chi connectivity index (χ0) is 14.8. The largest absolute Gasteiger partial charge is 0.389 e. The number of aliphatic hydroxyl groups excluding tert-OH is 1. The molecule has 0 aliphatic heterocycles. The van der Waals surface area contributed by atoms with E-state index in [1.807, 2.05) is 16.8 Å². The van der Waals surface area contributed by atoms with Gasteiger partial charge in [-0.25, -0.2) is 8.42 Å². The maximum absolute atomic E-state index is 12.4. The fourth-order valence-electron chi connectivity index (χ4n) is 1.82. The minimum Gasteiger partial charge on any atom is -0.389 e. The summed E-state index contributed by atoms with van der Waals surface area (Å²) in [6.45, 7) is 2.00. The first-order valence-electron chi connectivity index (χ1n) is 6.16. The summed E-state index contributed by atoms with van der Waals surface area (Å²) in [5, 5.41) is 13.3. The molecule has 1 aromatic carbocycles. The van der Waals surface area contributed by atoms with Gasteiger partial charge in [-0.15, -0.1) is 0 Å². The van der Waals surface area contributed by atoms with E-state index in [1.165, 1.54) is 16.4 Å². The maximum Gasteiger partial charge on any atom is 0.243 e. The van der Waals surface area contributed by atoms with Gasteiger partial charge in [-0.1, -0.05) is 12.1 Å². The van der Waals surface area contributed by atoms with Gasteiger partial charge in [-0.05, 0) is 47.0 Å². The molecule has 2 rings (SSSR count). The lowest BCUT2D eigenvalue weighted by Crippen LogP contribution is -2.26. The molecule has 0 radical (unpaired) electrons. The van der Waals surface area contributed by atoms with E-state index in [4.69, 9.17) is 0 Å². The molecule has 6 heteroatoms. The number of hydrogen-bond donors (Lipinski definition) is 1. The van der Waals surface area contributed by atoms with Crippen LogP contribution in [0.1, 0.15) is 24.2 Å². The van der Waals surface area contributed by atoms with Crippen LogP contribution in [0, 0.1) is 0 Å². The average Bonchev–Trinajstić information content (AvgIpc) is 2.91. The molecule has 108 valence electrons. The Morgan fingerprint density at radius 3 is 2.40 bits per heavy atom. The molecule has 4 nitrogen and oxygen atoms in total. The topological polar surface area (TPSA) is 57.6 Å². The first-order chi connectivity index (χ1) is 9.41. The molecule has 0 fully saturated rings. The average molecular weight is 311 g/mol. The summed E-state index contributed by atoms with van der Waals surface area (Å²) in [6.07, 6.45) is -0.602. The molecular formula is C14H17NO3S2. The van der Waals surface area contributed by atoms with Crippen molar-refractivity contribution < 1.29 is 13.5 Å². The fraction of sp³-hybridized carbons (Fsp3) is 0.286. The van der Waals surface area contributed by atoms with Gasteiger partial charge in [0.1, 0.15) is 0 Å². The number of nitrogens with zero attached hydrogens (tertiary/aromatic N) is 1. The number of aliphatic hydroxyl groups is 1. The van der Waals surface area contributed by atoms with Gasteiger partial charge < -0.3 is 5.11 Å². The van der Waals surface area contributed by atoms with E-state index in [1.54, 1.807) is 37.4 Å². The number of sulfonamides is 1. The molecule has 0 amide bonds. The molecule has 0 saturated heterocycles. The summed E-state index contributed by atoms with van der Waals surface area (Å²) in [5.74, 6) is 0. The lowest BCUT2D eigenvalue weighted by Gasteiger charge is -2.17. The molecule has 1 aromatic heterocycles. The minimum absolute atomic E-state index is 0.236. The highest BCUT2D eigenvalue weighted by Crippen LogP contribution is 2.20. The molecule has 20 heavy (non-hydrogen) atoms. The van der Waals surface area contributed by atoms with Crippen molar-refractivity contribution in [2.24, 2.45) is 0 Å². The van der Waals surface area contributed by atoms with Crippen molar-refractivity contribution in [3.63, 3.8) is 0 Å². The summed E-state index contributed by atoms with van der Waals surface area (Å²) in [7, 11) is -1.94. The predicted molar refractivity (Wildman–Crippen MR) is 80.0 cm³/mol. The Hall–Kier alpha value is -1.21. The molecule has 0 aliphatic rings. The van der Waals surface area contributed by atoms with Crippen molar-refractivity contribution in [2.75, 3.05) is 7.05 Å². The van der Waals surface area contributed by atoms with Crippen molar-refractivity contribution >= 4 is 21.4 Å². The van der Waals surface area contributed by atoms with Crippen molar-refractivity contribution in [1.29, 1.82) is 0 Å². The molecule has 0 bridgehead atoms. The molecule has 1 N–H and O–H groups in total. The maximum atomic E-state index is 12.4. The molecule has 2 aromatic rings. The van der Waals surface area contributed by atoms with Crippen molar-refractivity contribution in [3.8, 4) is 0 Å². The highest BCUT2D eigenvalue weighted by atomic mass is 32.2. The lowest BCUT2D eigenvalue weighted by molar-refractivity contribution is 0.199. The van der Waals surface area contributed by atoms with Crippen LogP contribution in [-0.2, 0) is 16.6 Å². The van der Waals surface area contributed by atoms with Crippen LogP contribution < -0.4 is 0 Å². The fourth-order valence-corrected chi connectivity index (χ4v) is 3.64. The third-order valence-corrected chi connectivity index (χ3v) is 5.61. The molecule has 1 unspecified atom stereocenters. The van der Waals surface area contributed by atoms with Crippen molar-refractivity contribution in [3.05, 3.63) is 52.2 Å². The second-order valence-corrected chi connectivity index (χ2v) is 7.46. The van der Waals surface area contributed by atoms with Gasteiger partial charge >= 0.3 is 0 Å². The van der Waals surface area contributed by atoms with Gasteiger partial charge in [0.2, 0.25) is 10.0 Å². The van der Waals surface area contributed by atoms with Crippen LogP contribution in [0.2, 0.25) is 0 Å². The van der Waals surface area contributed by atoms with Crippen molar-refractivity contribution in [2.45, 2.75) is 24.5 Å². The number of hydrogen-bond acceptors (Lipinski definition) is 4. The van der Waals surface area contributed by atoms with Crippen LogP contribution in [0.25, 0.3) is 0 Å². The third kappa shape index (κ3) is 3.27. The van der Waals surface area contributed by atoms with Gasteiger partial charge in [-0.2, -0.15) is 15.6 Å². The molecule has 1 heterocycles. The van der Waals surface area contributed by atoms with Crippen molar-refractivity contribution in [1.82, 2.24) is 4.31 Å². The molecule has 0 aliphatic carbocycles.